The van der Waals surface area contributed by atoms with Gasteiger partial charge in [-0.1, -0.05) is 12.1 Å². The number of alkyl halides is 3. The van der Waals surface area contributed by atoms with E-state index in [4.69, 9.17) is 9.47 Å². The minimum Gasteiger partial charge on any atom is -0.454 e. The van der Waals surface area contributed by atoms with Crippen LogP contribution in [-0.2, 0) is 12.7 Å². The Labute approximate surface area is 190 Å². The fourth-order valence-corrected chi connectivity index (χ4v) is 4.13. The van der Waals surface area contributed by atoms with Gasteiger partial charge in [0.05, 0.1) is 16.3 Å². The van der Waals surface area contributed by atoms with Crippen LogP contribution in [0.5, 0.6) is 11.5 Å². The highest BCUT2D eigenvalue weighted by Crippen LogP contribution is 2.35. The molecule has 0 bridgehead atoms. The fourth-order valence-electron chi connectivity index (χ4n) is 3.41. The summed E-state index contributed by atoms with van der Waals surface area (Å²) in [4.78, 5) is 13.2. The van der Waals surface area contributed by atoms with Crippen molar-refractivity contribution in [3.05, 3.63) is 82.9 Å². The van der Waals surface area contributed by atoms with Crippen LogP contribution in [-0.4, -0.2) is 22.5 Å². The number of thiophene rings is 1. The van der Waals surface area contributed by atoms with Crippen molar-refractivity contribution in [3.63, 3.8) is 0 Å². The Morgan fingerprint density at radius 1 is 1.06 bits per heavy atom. The number of halogens is 3. The van der Waals surface area contributed by atoms with Crippen molar-refractivity contribution in [2.24, 2.45) is 0 Å². The molecule has 0 saturated carbocycles. The van der Waals surface area contributed by atoms with Crippen molar-refractivity contribution >= 4 is 17.2 Å². The van der Waals surface area contributed by atoms with Crippen molar-refractivity contribution in [2.75, 3.05) is 6.79 Å². The van der Waals surface area contributed by atoms with E-state index in [2.05, 4.69) is 10.4 Å². The summed E-state index contributed by atoms with van der Waals surface area (Å²) in [6.07, 6.45) is -4.56. The van der Waals surface area contributed by atoms with E-state index >= 15 is 0 Å². The van der Waals surface area contributed by atoms with Gasteiger partial charge in [0, 0.05) is 12.1 Å². The maximum Gasteiger partial charge on any atom is 0.435 e. The third kappa shape index (κ3) is 4.29. The highest BCUT2D eigenvalue weighted by atomic mass is 32.1. The number of nitrogens with zero attached hydrogens (tertiary/aromatic N) is 2. The molecule has 0 unspecified atom stereocenters. The second-order valence-electron chi connectivity index (χ2n) is 7.22. The van der Waals surface area contributed by atoms with Crippen LogP contribution in [0.4, 0.5) is 13.2 Å². The Morgan fingerprint density at radius 3 is 2.58 bits per heavy atom. The van der Waals surface area contributed by atoms with Crippen molar-refractivity contribution in [2.45, 2.75) is 12.7 Å². The lowest BCUT2D eigenvalue weighted by Gasteiger charge is -2.09. The highest BCUT2D eigenvalue weighted by molar-refractivity contribution is 7.13. The highest BCUT2D eigenvalue weighted by Gasteiger charge is 2.35. The molecule has 0 saturated heterocycles. The van der Waals surface area contributed by atoms with Gasteiger partial charge in [-0.15, -0.1) is 11.3 Å². The van der Waals surface area contributed by atoms with Crippen molar-refractivity contribution in [1.82, 2.24) is 15.1 Å². The van der Waals surface area contributed by atoms with E-state index in [1.165, 1.54) is 16.0 Å². The van der Waals surface area contributed by atoms with Gasteiger partial charge in [0.25, 0.3) is 5.91 Å². The number of carbonyl (C=O) groups excluding carboxylic acids is 1. The van der Waals surface area contributed by atoms with E-state index in [0.717, 1.165) is 11.6 Å². The molecule has 0 radical (unpaired) electrons. The van der Waals surface area contributed by atoms with E-state index < -0.39 is 11.9 Å². The first-order chi connectivity index (χ1) is 15.9. The third-order valence-electron chi connectivity index (χ3n) is 5.04. The van der Waals surface area contributed by atoms with Crippen LogP contribution in [0.2, 0.25) is 0 Å². The summed E-state index contributed by atoms with van der Waals surface area (Å²) in [5.41, 5.74) is 0.997. The number of aromatic nitrogens is 2. The zero-order chi connectivity index (χ0) is 23.0. The van der Waals surface area contributed by atoms with Gasteiger partial charge < -0.3 is 14.8 Å². The maximum absolute atomic E-state index is 13.3. The molecule has 0 atom stereocenters. The van der Waals surface area contributed by atoms with Crippen LogP contribution in [0, 0.1) is 0 Å². The molecule has 33 heavy (non-hydrogen) atoms. The van der Waals surface area contributed by atoms with Crippen LogP contribution < -0.4 is 14.8 Å². The number of amides is 1. The molecule has 1 aliphatic rings. The number of nitrogens with one attached hydrogen (secondary N) is 1. The number of ether oxygens (including phenoxy) is 2. The summed E-state index contributed by atoms with van der Waals surface area (Å²) in [6, 6.07) is 16.2. The van der Waals surface area contributed by atoms with Crippen LogP contribution in [0.1, 0.15) is 21.6 Å². The fraction of sp³-hybridized carbons (Fsp3) is 0.130. The van der Waals surface area contributed by atoms with Crippen molar-refractivity contribution in [3.8, 4) is 27.8 Å². The number of hydrogen-bond donors (Lipinski definition) is 1. The lowest BCUT2D eigenvalue weighted by Crippen LogP contribution is -2.22. The van der Waals surface area contributed by atoms with Gasteiger partial charge >= 0.3 is 6.18 Å². The Kier molecular flexibility index (Phi) is 5.29. The smallest absolute Gasteiger partial charge is 0.435 e. The molecule has 1 N–H and O–H groups in total. The molecule has 2 aromatic carbocycles. The lowest BCUT2D eigenvalue weighted by atomic mass is 10.1. The van der Waals surface area contributed by atoms with E-state index in [1.54, 1.807) is 53.9 Å². The van der Waals surface area contributed by atoms with Crippen molar-refractivity contribution < 1.29 is 27.4 Å². The largest absolute Gasteiger partial charge is 0.454 e. The molecular weight excluding hydrogens is 455 g/mol. The standard InChI is InChI=1S/C23H16F3N3O3S/c24-23(25,26)21-11-17(20-2-1-9-33-20)29(28-21)16-6-4-15(5-7-16)22(30)27-12-14-3-8-18-19(10-14)32-13-31-18/h1-11H,12-13H2,(H,27,30). The van der Waals surface area contributed by atoms with Gasteiger partial charge in [-0.25, -0.2) is 4.68 Å². The average Bonchev–Trinajstić information content (AvgIpc) is 3.56. The number of fused-ring (bicyclic) bond motifs is 1. The Morgan fingerprint density at radius 2 is 1.85 bits per heavy atom. The summed E-state index contributed by atoms with van der Waals surface area (Å²) in [6.45, 7) is 0.459. The van der Waals surface area contributed by atoms with E-state index in [1.807, 2.05) is 6.07 Å². The normalized spacial score (nSPS) is 12.7. The Balaban J connectivity index is 1.34. The van der Waals surface area contributed by atoms with Gasteiger partial charge in [-0.3, -0.25) is 4.79 Å². The summed E-state index contributed by atoms with van der Waals surface area (Å²) in [7, 11) is 0. The van der Waals surface area contributed by atoms with Crippen LogP contribution in [0.3, 0.4) is 0 Å². The molecule has 0 aliphatic carbocycles. The van der Waals surface area contributed by atoms with E-state index in [9.17, 15) is 18.0 Å². The molecule has 4 aromatic rings. The molecule has 168 valence electrons. The van der Waals surface area contributed by atoms with Gasteiger partial charge in [-0.2, -0.15) is 18.3 Å². The summed E-state index contributed by atoms with van der Waals surface area (Å²) < 4.78 is 51.6. The first kappa shape index (κ1) is 21.1. The summed E-state index contributed by atoms with van der Waals surface area (Å²) in [5, 5.41) is 8.37. The first-order valence-corrected chi connectivity index (χ1v) is 10.7. The van der Waals surface area contributed by atoms with E-state index in [-0.39, 0.29) is 19.2 Å². The second-order valence-corrected chi connectivity index (χ2v) is 8.17. The minimum atomic E-state index is -4.56. The molecule has 1 aliphatic heterocycles. The first-order valence-electron chi connectivity index (χ1n) is 9.87. The molecule has 0 spiro atoms. The molecule has 6 nitrogen and oxygen atoms in total. The number of carbonyl (C=O) groups is 1. The molecule has 5 rings (SSSR count). The summed E-state index contributed by atoms with van der Waals surface area (Å²) >= 11 is 1.32. The number of benzene rings is 2. The Hall–Kier alpha value is -3.79. The summed E-state index contributed by atoms with van der Waals surface area (Å²) in [5.74, 6) is 0.981. The topological polar surface area (TPSA) is 65.4 Å². The Bertz CT molecular complexity index is 1300. The average molecular weight is 471 g/mol. The van der Waals surface area contributed by atoms with Gasteiger partial charge in [0.2, 0.25) is 6.79 Å². The quantitative estimate of drug-likeness (QED) is 0.430. The lowest BCUT2D eigenvalue weighted by molar-refractivity contribution is -0.141. The zero-order valence-electron chi connectivity index (χ0n) is 16.9. The molecule has 3 heterocycles. The predicted octanol–water partition coefficient (Wildman–Crippen LogP) is 5.28. The van der Waals surface area contributed by atoms with E-state index in [0.29, 0.717) is 33.3 Å². The van der Waals surface area contributed by atoms with Crippen LogP contribution in [0.15, 0.2) is 66.0 Å². The molecular formula is C23H16F3N3O3S. The molecule has 1 amide bonds. The monoisotopic (exact) mass is 471 g/mol. The van der Waals surface area contributed by atoms with Crippen molar-refractivity contribution in [1.29, 1.82) is 0 Å². The molecule has 0 fully saturated rings. The molecule has 10 heteroatoms. The molecule has 2 aromatic heterocycles. The SMILES string of the molecule is O=C(NCc1ccc2c(c1)OCO2)c1ccc(-n2nc(C(F)(F)F)cc2-c2cccs2)cc1. The number of rotatable bonds is 5. The van der Waals surface area contributed by atoms with Crippen LogP contribution >= 0.6 is 11.3 Å². The number of hydrogen-bond acceptors (Lipinski definition) is 5. The van der Waals surface area contributed by atoms with Crippen LogP contribution in [0.25, 0.3) is 16.3 Å². The predicted molar refractivity (Wildman–Crippen MR) is 116 cm³/mol. The maximum atomic E-state index is 13.3. The van der Waals surface area contributed by atoms with Gasteiger partial charge in [-0.05, 0) is 59.5 Å². The zero-order valence-corrected chi connectivity index (χ0v) is 17.7. The van der Waals surface area contributed by atoms with Gasteiger partial charge in [0.1, 0.15) is 0 Å². The second kappa shape index (κ2) is 8.28. The third-order valence-corrected chi connectivity index (χ3v) is 5.93. The van der Waals surface area contributed by atoms with Gasteiger partial charge in [0.15, 0.2) is 17.2 Å². The minimum absolute atomic E-state index is 0.173.